The van der Waals surface area contributed by atoms with E-state index in [-0.39, 0.29) is 41.9 Å². The molecule has 0 saturated carbocycles. The van der Waals surface area contributed by atoms with Gasteiger partial charge in [0.1, 0.15) is 31.4 Å². The van der Waals surface area contributed by atoms with Crippen LogP contribution in [-0.2, 0) is 14.4 Å². The van der Waals surface area contributed by atoms with Crippen molar-refractivity contribution >= 4 is 17.4 Å². The molecule has 9 heteroatoms. The highest BCUT2D eigenvalue weighted by Gasteiger charge is 2.30. The van der Waals surface area contributed by atoms with Gasteiger partial charge in [0.05, 0.1) is 25.0 Å². The Morgan fingerprint density at radius 1 is 1.34 bits per heavy atom. The minimum atomic E-state index is -0.643. The maximum absolute atomic E-state index is 13.9. The predicted molar refractivity (Wildman–Crippen MR) is 100 cm³/mol. The summed E-state index contributed by atoms with van der Waals surface area (Å²) in [5.41, 5.74) is 0.0619. The van der Waals surface area contributed by atoms with Gasteiger partial charge in [0.2, 0.25) is 5.71 Å². The van der Waals surface area contributed by atoms with Gasteiger partial charge >= 0.3 is 0 Å². The molecule has 1 aliphatic rings. The van der Waals surface area contributed by atoms with Crippen molar-refractivity contribution < 1.29 is 32.7 Å². The number of halogens is 1. The minimum absolute atomic E-state index is 0.00549. The number of hydrogen-bond acceptors (Lipinski definition) is 7. The fourth-order valence-corrected chi connectivity index (χ4v) is 2.91. The summed E-state index contributed by atoms with van der Waals surface area (Å²) in [6.45, 7) is 2.36. The molecule has 0 aliphatic carbocycles. The van der Waals surface area contributed by atoms with E-state index >= 15 is 0 Å². The number of benzene rings is 1. The first-order valence-electron chi connectivity index (χ1n) is 8.98. The Morgan fingerprint density at radius 3 is 2.83 bits per heavy atom. The van der Waals surface area contributed by atoms with E-state index in [0.29, 0.717) is 18.9 Å². The zero-order valence-corrected chi connectivity index (χ0v) is 16.1. The smallest absolute Gasteiger partial charge is 0.279 e. The standard InChI is InChI=1S/C20H21FN2O6/c1-13(24)16-6-5-14(10-17(16)21)29-12-15-11-23(7-9-27-15)20(25)19(22-26-2)18-4-3-8-28-18/h3-6,8,10,15H,7,9,11-12H2,1-2H3. The number of furan rings is 1. The SMILES string of the molecule is CON=C(C(=O)N1CCOC(COc2ccc(C(C)=O)c(F)c2)C1)c1ccco1. The third kappa shape index (κ3) is 5.00. The van der Waals surface area contributed by atoms with Crippen LogP contribution in [0.15, 0.2) is 46.2 Å². The molecule has 2 heterocycles. The van der Waals surface area contributed by atoms with Gasteiger partial charge in [-0.2, -0.15) is 0 Å². The Bertz CT molecular complexity index is 896. The van der Waals surface area contributed by atoms with E-state index in [4.69, 9.17) is 18.7 Å². The molecule has 1 fully saturated rings. The van der Waals surface area contributed by atoms with Gasteiger partial charge in [0, 0.05) is 12.6 Å². The Morgan fingerprint density at radius 2 is 2.17 bits per heavy atom. The highest BCUT2D eigenvalue weighted by Crippen LogP contribution is 2.18. The number of nitrogens with zero attached hydrogens (tertiary/aromatic N) is 2. The van der Waals surface area contributed by atoms with Gasteiger partial charge in [-0.3, -0.25) is 9.59 Å². The summed E-state index contributed by atoms with van der Waals surface area (Å²) in [4.78, 5) is 30.5. The summed E-state index contributed by atoms with van der Waals surface area (Å²) in [6.07, 6.45) is 1.03. The van der Waals surface area contributed by atoms with Crippen molar-refractivity contribution in [3.05, 3.63) is 53.7 Å². The molecule has 0 N–H and O–H groups in total. The lowest BCUT2D eigenvalue weighted by Gasteiger charge is -2.32. The fourth-order valence-electron chi connectivity index (χ4n) is 2.91. The highest BCUT2D eigenvalue weighted by atomic mass is 19.1. The monoisotopic (exact) mass is 404 g/mol. The lowest BCUT2D eigenvalue weighted by Crippen LogP contribution is -2.49. The average molecular weight is 404 g/mol. The van der Waals surface area contributed by atoms with Crippen molar-refractivity contribution in [2.75, 3.05) is 33.4 Å². The van der Waals surface area contributed by atoms with Gasteiger partial charge in [-0.1, -0.05) is 5.16 Å². The number of rotatable bonds is 7. The molecule has 1 amide bonds. The minimum Gasteiger partial charge on any atom is -0.491 e. The van der Waals surface area contributed by atoms with Gasteiger partial charge in [-0.15, -0.1) is 0 Å². The maximum Gasteiger partial charge on any atom is 0.279 e. The zero-order valence-electron chi connectivity index (χ0n) is 16.1. The molecule has 1 aromatic carbocycles. The van der Waals surface area contributed by atoms with Crippen LogP contribution in [0.2, 0.25) is 0 Å². The largest absolute Gasteiger partial charge is 0.491 e. The van der Waals surface area contributed by atoms with Crippen molar-refractivity contribution in [2.45, 2.75) is 13.0 Å². The van der Waals surface area contributed by atoms with Crippen molar-refractivity contribution in [1.29, 1.82) is 0 Å². The Hall–Kier alpha value is -3.20. The summed E-state index contributed by atoms with van der Waals surface area (Å²) >= 11 is 0. The number of oxime groups is 1. The molecule has 0 bridgehead atoms. The third-order valence-electron chi connectivity index (χ3n) is 4.32. The molecular formula is C20H21FN2O6. The second kappa shape index (κ2) is 9.33. The van der Waals surface area contributed by atoms with E-state index < -0.39 is 11.9 Å². The molecule has 3 rings (SSSR count). The van der Waals surface area contributed by atoms with Crippen LogP contribution < -0.4 is 4.74 Å². The summed E-state index contributed by atoms with van der Waals surface area (Å²) in [7, 11) is 1.35. The second-order valence-electron chi connectivity index (χ2n) is 6.35. The van der Waals surface area contributed by atoms with Crippen LogP contribution >= 0.6 is 0 Å². The predicted octanol–water partition coefficient (Wildman–Crippen LogP) is 2.28. The van der Waals surface area contributed by atoms with Crippen LogP contribution in [0, 0.1) is 5.82 Å². The summed E-state index contributed by atoms with van der Waals surface area (Å²) in [5, 5.41) is 3.78. The molecule has 29 heavy (non-hydrogen) atoms. The summed E-state index contributed by atoms with van der Waals surface area (Å²) < 4.78 is 30.4. The Kier molecular flexibility index (Phi) is 6.61. The first kappa shape index (κ1) is 20.5. The van der Waals surface area contributed by atoms with Crippen LogP contribution in [0.3, 0.4) is 0 Å². The molecule has 8 nitrogen and oxygen atoms in total. The van der Waals surface area contributed by atoms with Crippen LogP contribution in [0.5, 0.6) is 5.75 Å². The third-order valence-corrected chi connectivity index (χ3v) is 4.32. The van der Waals surface area contributed by atoms with Gasteiger partial charge in [-0.25, -0.2) is 4.39 Å². The van der Waals surface area contributed by atoms with Crippen molar-refractivity contribution in [2.24, 2.45) is 5.16 Å². The van der Waals surface area contributed by atoms with E-state index in [1.807, 2.05) is 0 Å². The normalized spacial score (nSPS) is 17.1. The van der Waals surface area contributed by atoms with E-state index in [1.165, 1.54) is 32.4 Å². The number of Topliss-reactive ketones (excluding diaryl/α,β-unsaturated/α-hetero) is 1. The van der Waals surface area contributed by atoms with Crippen LogP contribution in [0.4, 0.5) is 4.39 Å². The molecule has 154 valence electrons. The fraction of sp³-hybridized carbons (Fsp3) is 0.350. The molecule has 0 spiro atoms. The van der Waals surface area contributed by atoms with Crippen LogP contribution in [-0.4, -0.2) is 61.8 Å². The van der Waals surface area contributed by atoms with Crippen LogP contribution in [0.25, 0.3) is 0 Å². The molecule has 1 atom stereocenters. The van der Waals surface area contributed by atoms with Crippen molar-refractivity contribution in [1.82, 2.24) is 4.90 Å². The number of hydrogen-bond donors (Lipinski definition) is 0. The van der Waals surface area contributed by atoms with Crippen molar-refractivity contribution in [3.63, 3.8) is 0 Å². The molecule has 1 saturated heterocycles. The number of carbonyl (C=O) groups excluding carboxylic acids is 2. The molecule has 1 aliphatic heterocycles. The lowest BCUT2D eigenvalue weighted by atomic mass is 10.1. The molecule has 0 radical (unpaired) electrons. The number of ether oxygens (including phenoxy) is 2. The van der Waals surface area contributed by atoms with Gasteiger partial charge < -0.3 is 23.6 Å². The number of amides is 1. The van der Waals surface area contributed by atoms with Crippen LogP contribution in [0.1, 0.15) is 23.0 Å². The average Bonchev–Trinajstić information content (AvgIpc) is 3.24. The van der Waals surface area contributed by atoms with Gasteiger partial charge in [-0.05, 0) is 31.2 Å². The van der Waals surface area contributed by atoms with E-state index in [9.17, 15) is 14.0 Å². The van der Waals surface area contributed by atoms with Gasteiger partial charge in [0.25, 0.3) is 5.91 Å². The first-order valence-corrected chi connectivity index (χ1v) is 8.98. The zero-order chi connectivity index (χ0) is 20.8. The first-order chi connectivity index (χ1) is 14.0. The molecule has 1 unspecified atom stereocenters. The number of morpholine rings is 1. The Balaban J connectivity index is 1.62. The summed E-state index contributed by atoms with van der Waals surface area (Å²) in [6, 6.07) is 7.33. The lowest BCUT2D eigenvalue weighted by molar-refractivity contribution is -0.132. The second-order valence-corrected chi connectivity index (χ2v) is 6.35. The highest BCUT2D eigenvalue weighted by molar-refractivity contribution is 6.44. The maximum atomic E-state index is 13.9. The molecule has 1 aromatic heterocycles. The van der Waals surface area contributed by atoms with E-state index in [1.54, 1.807) is 17.0 Å². The quantitative estimate of drug-likeness (QED) is 0.400. The number of carbonyl (C=O) groups is 2. The Labute approximate surface area is 166 Å². The molecular weight excluding hydrogens is 383 g/mol. The van der Waals surface area contributed by atoms with Crippen molar-refractivity contribution in [3.8, 4) is 5.75 Å². The topological polar surface area (TPSA) is 90.6 Å². The number of ketones is 1. The molecule has 2 aromatic rings. The summed E-state index contributed by atoms with van der Waals surface area (Å²) in [5.74, 6) is -0.778. The van der Waals surface area contributed by atoms with E-state index in [0.717, 1.165) is 6.07 Å². The van der Waals surface area contributed by atoms with Gasteiger partial charge in [0.15, 0.2) is 11.5 Å². The van der Waals surface area contributed by atoms with E-state index in [2.05, 4.69) is 5.16 Å².